The first-order valence-electron chi connectivity index (χ1n) is 6.93. The summed E-state index contributed by atoms with van der Waals surface area (Å²) in [7, 11) is 0. The molecule has 0 aliphatic heterocycles. The fourth-order valence-electron chi connectivity index (χ4n) is 1.89. The van der Waals surface area contributed by atoms with Crippen molar-refractivity contribution in [1.82, 2.24) is 0 Å². The molecule has 0 unspecified atom stereocenters. The van der Waals surface area contributed by atoms with Gasteiger partial charge in [0, 0.05) is 9.75 Å². The summed E-state index contributed by atoms with van der Waals surface area (Å²) >= 11 is 1.77. The number of aliphatic hydroxyl groups excluding tert-OH is 1. The first kappa shape index (κ1) is 17.6. The molecule has 0 atom stereocenters. The van der Waals surface area contributed by atoms with Crippen LogP contribution in [0.2, 0.25) is 0 Å². The zero-order chi connectivity index (χ0) is 16.0. The third-order valence-electron chi connectivity index (χ3n) is 3.40. The maximum Gasteiger partial charge on any atom is 0.126 e. The van der Waals surface area contributed by atoms with E-state index in [9.17, 15) is 4.39 Å². The summed E-state index contributed by atoms with van der Waals surface area (Å²) in [5, 5.41) is 8.75. The molecule has 1 nitrogen and oxygen atoms in total. The van der Waals surface area contributed by atoms with Gasteiger partial charge in [-0.05, 0) is 57.4 Å². The number of hydrogen-bond acceptors (Lipinski definition) is 2. The van der Waals surface area contributed by atoms with Crippen LogP contribution in [0.1, 0.15) is 34.7 Å². The van der Waals surface area contributed by atoms with Crippen LogP contribution in [-0.4, -0.2) is 11.7 Å². The summed E-state index contributed by atoms with van der Waals surface area (Å²) in [6, 6.07) is 0. The fourth-order valence-corrected chi connectivity index (χ4v) is 2.95. The lowest BCUT2D eigenvalue weighted by atomic mass is 10.1. The van der Waals surface area contributed by atoms with Crippen LogP contribution in [0.4, 0.5) is 4.39 Å². The second kappa shape index (κ2) is 8.11. The van der Waals surface area contributed by atoms with E-state index in [-0.39, 0.29) is 12.4 Å². The summed E-state index contributed by atoms with van der Waals surface area (Å²) < 4.78 is 14.0. The van der Waals surface area contributed by atoms with Crippen molar-refractivity contribution in [2.75, 3.05) is 6.61 Å². The Balaban J connectivity index is 2.92. The maximum atomic E-state index is 14.0. The first-order chi connectivity index (χ1) is 9.86. The van der Waals surface area contributed by atoms with E-state index in [1.165, 1.54) is 27.0 Å². The first-order valence-corrected chi connectivity index (χ1v) is 7.75. The van der Waals surface area contributed by atoms with E-state index >= 15 is 0 Å². The van der Waals surface area contributed by atoms with Crippen molar-refractivity contribution in [3.8, 4) is 0 Å². The second-order valence-electron chi connectivity index (χ2n) is 5.08. The second-order valence-corrected chi connectivity index (χ2v) is 6.51. The van der Waals surface area contributed by atoms with Gasteiger partial charge in [0.1, 0.15) is 5.83 Å². The van der Waals surface area contributed by atoms with Crippen LogP contribution < -0.4 is 0 Å². The van der Waals surface area contributed by atoms with Gasteiger partial charge in [0.2, 0.25) is 0 Å². The van der Waals surface area contributed by atoms with Crippen LogP contribution in [0.25, 0.3) is 6.08 Å². The molecule has 0 fully saturated rings. The van der Waals surface area contributed by atoms with E-state index < -0.39 is 0 Å². The van der Waals surface area contributed by atoms with Crippen LogP contribution in [0, 0.1) is 20.8 Å². The van der Waals surface area contributed by atoms with Crippen LogP contribution in [0.3, 0.4) is 0 Å². The Kier molecular flexibility index (Phi) is 6.79. The minimum Gasteiger partial charge on any atom is -0.392 e. The number of thiophene rings is 1. The highest BCUT2D eigenvalue weighted by molar-refractivity contribution is 7.12. The molecule has 21 heavy (non-hydrogen) atoms. The lowest BCUT2D eigenvalue weighted by Gasteiger charge is -1.97. The van der Waals surface area contributed by atoms with Crippen molar-refractivity contribution < 1.29 is 9.50 Å². The molecule has 0 radical (unpaired) electrons. The van der Waals surface area contributed by atoms with Gasteiger partial charge in [0.05, 0.1) is 6.61 Å². The molecule has 3 heteroatoms. The van der Waals surface area contributed by atoms with Gasteiger partial charge in [-0.2, -0.15) is 0 Å². The topological polar surface area (TPSA) is 20.2 Å². The number of hydrogen-bond donors (Lipinski definition) is 1. The van der Waals surface area contributed by atoms with Gasteiger partial charge in [-0.3, -0.25) is 0 Å². The van der Waals surface area contributed by atoms with E-state index in [1.54, 1.807) is 30.4 Å². The average Bonchev–Trinajstić information content (AvgIpc) is 2.67. The summed E-state index contributed by atoms with van der Waals surface area (Å²) in [5.74, 6) is -0.265. The quantitative estimate of drug-likeness (QED) is 0.720. The number of allylic oxidation sites excluding steroid dienone is 6. The highest BCUT2D eigenvalue weighted by Gasteiger charge is 2.06. The molecule has 1 aromatic rings. The molecule has 0 aliphatic carbocycles. The third kappa shape index (κ3) is 5.10. The van der Waals surface area contributed by atoms with Gasteiger partial charge in [0.25, 0.3) is 0 Å². The van der Waals surface area contributed by atoms with Gasteiger partial charge in [-0.25, -0.2) is 4.39 Å². The summed E-state index contributed by atoms with van der Waals surface area (Å²) in [6.45, 7) is 9.83. The van der Waals surface area contributed by atoms with Gasteiger partial charge in [-0.15, -0.1) is 11.3 Å². The summed E-state index contributed by atoms with van der Waals surface area (Å²) in [5.41, 5.74) is 3.87. The molecule has 0 amide bonds. The van der Waals surface area contributed by atoms with Crippen LogP contribution >= 0.6 is 11.3 Å². The van der Waals surface area contributed by atoms with Crippen LogP contribution in [-0.2, 0) is 0 Å². The zero-order valence-electron chi connectivity index (χ0n) is 13.3. The molecule has 1 aromatic heterocycles. The monoisotopic (exact) mass is 306 g/mol. The predicted molar refractivity (Wildman–Crippen MR) is 91.4 cm³/mol. The molecule has 0 aliphatic rings. The Morgan fingerprint density at radius 2 is 1.76 bits per heavy atom. The van der Waals surface area contributed by atoms with Gasteiger partial charge in [-0.1, -0.05) is 29.9 Å². The van der Waals surface area contributed by atoms with E-state index in [2.05, 4.69) is 20.8 Å². The number of halogens is 1. The van der Waals surface area contributed by atoms with Crippen LogP contribution in [0.5, 0.6) is 0 Å². The van der Waals surface area contributed by atoms with Gasteiger partial charge < -0.3 is 5.11 Å². The standard InChI is InChI=1S/C18H23FOS/c1-12(10-11-20)6-9-18(19)13(2)7-8-17-14(3)15(4)21-16(17)5/h6-10,20H,11H2,1-5H3/b8-7+,9-6+,12-10+,18-13-. The van der Waals surface area contributed by atoms with Crippen molar-refractivity contribution in [1.29, 1.82) is 0 Å². The Hall–Kier alpha value is -1.45. The molecule has 0 bridgehead atoms. The maximum absolute atomic E-state index is 14.0. The molecular weight excluding hydrogens is 283 g/mol. The normalized spacial score (nSPS) is 14.3. The van der Waals surface area contributed by atoms with Gasteiger partial charge >= 0.3 is 0 Å². The van der Waals surface area contributed by atoms with Crippen molar-refractivity contribution >= 4 is 17.4 Å². The summed E-state index contributed by atoms with van der Waals surface area (Å²) in [6.07, 6.45) is 8.52. The highest BCUT2D eigenvalue weighted by Crippen LogP contribution is 2.28. The third-order valence-corrected chi connectivity index (χ3v) is 4.54. The molecule has 0 saturated carbocycles. The lowest BCUT2D eigenvalue weighted by molar-refractivity contribution is 0.342. The van der Waals surface area contributed by atoms with E-state index in [4.69, 9.17) is 5.11 Å². The Bertz CT molecular complexity index is 615. The van der Waals surface area contributed by atoms with E-state index in [0.717, 1.165) is 5.57 Å². The number of aryl methyl sites for hydroxylation is 2. The molecule has 1 N–H and O–H groups in total. The molecule has 1 rings (SSSR count). The Morgan fingerprint density at radius 3 is 2.29 bits per heavy atom. The smallest absolute Gasteiger partial charge is 0.126 e. The van der Waals surface area contributed by atoms with Crippen molar-refractivity contribution in [3.63, 3.8) is 0 Å². The van der Waals surface area contributed by atoms with Gasteiger partial charge in [0.15, 0.2) is 0 Å². The molecule has 0 aromatic carbocycles. The largest absolute Gasteiger partial charge is 0.392 e. The molecule has 0 spiro atoms. The fraction of sp³-hybridized carbons (Fsp3) is 0.333. The minimum absolute atomic E-state index is 0.0313. The molecule has 0 saturated heterocycles. The van der Waals surface area contributed by atoms with Crippen LogP contribution in [0.15, 0.2) is 41.3 Å². The molecule has 1 heterocycles. The van der Waals surface area contributed by atoms with Crippen molar-refractivity contribution in [2.24, 2.45) is 0 Å². The number of aliphatic hydroxyl groups is 1. The minimum atomic E-state index is -0.265. The molecule has 114 valence electrons. The molecular formula is C18H23FOS. The predicted octanol–water partition coefficient (Wildman–Crippen LogP) is 5.42. The lowest BCUT2D eigenvalue weighted by Crippen LogP contribution is -1.80. The zero-order valence-corrected chi connectivity index (χ0v) is 14.1. The van der Waals surface area contributed by atoms with Crippen molar-refractivity contribution in [2.45, 2.75) is 34.6 Å². The average molecular weight is 306 g/mol. The Morgan fingerprint density at radius 1 is 1.10 bits per heavy atom. The SMILES string of the molecule is CC(/C=C/c1c(C)sc(C)c1C)=C(F)\C=C\C(C)=C\CO. The number of rotatable bonds is 5. The summed E-state index contributed by atoms with van der Waals surface area (Å²) in [4.78, 5) is 2.56. The van der Waals surface area contributed by atoms with Crippen molar-refractivity contribution in [3.05, 3.63) is 62.2 Å². The highest BCUT2D eigenvalue weighted by atomic mass is 32.1. The van der Waals surface area contributed by atoms with E-state index in [0.29, 0.717) is 5.57 Å². The van der Waals surface area contributed by atoms with E-state index in [1.807, 2.05) is 19.1 Å². The Labute approximate surface area is 130 Å².